The summed E-state index contributed by atoms with van der Waals surface area (Å²) in [4.78, 5) is 24.1. The van der Waals surface area contributed by atoms with Crippen molar-refractivity contribution in [1.82, 2.24) is 19.8 Å². The van der Waals surface area contributed by atoms with Crippen molar-refractivity contribution in [2.75, 3.05) is 27.2 Å². The summed E-state index contributed by atoms with van der Waals surface area (Å²) in [7, 11) is 3.75. The molecule has 1 amide bonds. The van der Waals surface area contributed by atoms with Crippen LogP contribution in [0, 0.1) is 0 Å². The van der Waals surface area contributed by atoms with Crippen LogP contribution in [-0.4, -0.2) is 63.1 Å². The highest BCUT2D eigenvalue weighted by molar-refractivity contribution is 5.94. The molecule has 2 aromatic heterocycles. The van der Waals surface area contributed by atoms with E-state index in [1.54, 1.807) is 42.5 Å². The highest BCUT2D eigenvalue weighted by atomic mass is 16.3. The van der Waals surface area contributed by atoms with Crippen molar-refractivity contribution < 1.29 is 15.0 Å². The van der Waals surface area contributed by atoms with Gasteiger partial charge in [0.25, 0.3) is 5.91 Å². The minimum Gasteiger partial charge on any atom is -0.508 e. The van der Waals surface area contributed by atoms with E-state index in [2.05, 4.69) is 21.8 Å². The zero-order valence-corrected chi connectivity index (χ0v) is 22.9. The molecule has 1 aromatic carbocycles. The number of carbonyl (C=O) groups is 1. The Morgan fingerprint density at radius 3 is 1.94 bits per heavy atom. The Balaban J connectivity index is 0.000000335. The smallest absolute Gasteiger partial charge is 0.253 e. The number of fused-ring (bicyclic) bond motifs is 3. The second-order valence-corrected chi connectivity index (χ2v) is 7.72. The van der Waals surface area contributed by atoms with Gasteiger partial charge in [-0.05, 0) is 50.8 Å². The number of phenolic OH excluding ortho intramolecular Hbond substituents is 1. The topological polar surface area (TPSA) is 89.8 Å². The molecule has 2 atom stereocenters. The third-order valence-electron chi connectivity index (χ3n) is 5.73. The first-order valence-corrected chi connectivity index (χ1v) is 12.7. The minimum absolute atomic E-state index is 0.0644. The van der Waals surface area contributed by atoms with Crippen LogP contribution in [0.4, 0.5) is 0 Å². The average molecular weight is 495 g/mol. The van der Waals surface area contributed by atoms with Crippen LogP contribution in [0.2, 0.25) is 0 Å². The number of amides is 1. The van der Waals surface area contributed by atoms with Crippen molar-refractivity contribution in [1.29, 1.82) is 0 Å². The Bertz CT molecular complexity index is 1070. The largest absolute Gasteiger partial charge is 0.508 e. The number of rotatable bonds is 4. The second-order valence-electron chi connectivity index (χ2n) is 7.72. The number of hydrogen-bond donors (Lipinski definition) is 2. The Morgan fingerprint density at radius 1 is 0.861 bits per heavy atom. The van der Waals surface area contributed by atoms with Gasteiger partial charge in [-0.15, -0.1) is 0 Å². The summed E-state index contributed by atoms with van der Waals surface area (Å²) in [5.74, 6) is 0.0498. The molecule has 0 aliphatic heterocycles. The first-order valence-electron chi connectivity index (χ1n) is 12.7. The number of likely N-dealkylation sites (N-methyl/N-ethyl adjacent to an activating group) is 1. The van der Waals surface area contributed by atoms with Crippen molar-refractivity contribution >= 4 is 5.91 Å². The second kappa shape index (κ2) is 15.7. The van der Waals surface area contributed by atoms with Crippen LogP contribution in [0.25, 0.3) is 11.4 Å². The molecular formula is C29H42N4O3. The van der Waals surface area contributed by atoms with E-state index in [0.717, 1.165) is 29.1 Å². The van der Waals surface area contributed by atoms with Gasteiger partial charge >= 0.3 is 0 Å². The van der Waals surface area contributed by atoms with Crippen molar-refractivity contribution in [2.24, 2.45) is 0 Å². The molecule has 7 nitrogen and oxygen atoms in total. The van der Waals surface area contributed by atoms with E-state index in [1.165, 1.54) is 6.07 Å². The highest BCUT2D eigenvalue weighted by Gasteiger charge is 2.35. The molecule has 0 saturated carbocycles. The molecule has 2 unspecified atom stereocenters. The number of aliphatic hydroxyl groups is 1. The third-order valence-corrected chi connectivity index (χ3v) is 5.73. The molecule has 0 spiro atoms. The van der Waals surface area contributed by atoms with Crippen LogP contribution >= 0.6 is 0 Å². The SMILES string of the molecule is CC.CC.CCN(C)C(=O)c1cccc(O)c1.CCN(C)C1c2cccnc2-c2ncccc2C1O. The van der Waals surface area contributed by atoms with Crippen molar-refractivity contribution in [3.8, 4) is 17.1 Å². The fraction of sp³-hybridized carbons (Fsp3) is 0.414. The summed E-state index contributed by atoms with van der Waals surface area (Å²) in [5.41, 5.74) is 4.11. The van der Waals surface area contributed by atoms with Crippen molar-refractivity contribution in [2.45, 2.75) is 53.7 Å². The Hall–Kier alpha value is -3.29. The Labute approximate surface area is 216 Å². The molecule has 2 heterocycles. The lowest BCUT2D eigenvalue weighted by molar-refractivity contribution is 0.0626. The van der Waals surface area contributed by atoms with E-state index in [4.69, 9.17) is 5.11 Å². The summed E-state index contributed by atoms with van der Waals surface area (Å²) in [6.45, 7) is 13.5. The molecular weight excluding hydrogens is 452 g/mol. The standard InChI is InChI=1S/C15H17N3O.C10H13NO2.2C2H6/c1-3-18(2)14-10-6-4-8-16-12(10)13-11(15(14)19)7-5-9-17-13;1-3-11(2)10(13)8-5-4-6-9(12)7-8;2*1-2/h4-9,14-15,19H,3H2,1-2H3;4-7,12H,3H2,1-2H3;2*1-2H3. The summed E-state index contributed by atoms with van der Waals surface area (Å²) in [6, 6.07) is 14.0. The van der Waals surface area contributed by atoms with Crippen LogP contribution in [0.5, 0.6) is 5.75 Å². The van der Waals surface area contributed by atoms with Gasteiger partial charge < -0.3 is 15.1 Å². The molecule has 3 aromatic rings. The van der Waals surface area contributed by atoms with Gasteiger partial charge in [-0.25, -0.2) is 0 Å². The van der Waals surface area contributed by atoms with E-state index < -0.39 is 6.10 Å². The number of phenols is 1. The first-order chi connectivity index (χ1) is 17.4. The van der Waals surface area contributed by atoms with E-state index in [1.807, 2.05) is 65.9 Å². The molecule has 0 bridgehead atoms. The van der Waals surface area contributed by atoms with E-state index in [-0.39, 0.29) is 17.7 Å². The van der Waals surface area contributed by atoms with Crippen LogP contribution in [0.3, 0.4) is 0 Å². The molecule has 4 rings (SSSR count). The predicted molar refractivity (Wildman–Crippen MR) is 147 cm³/mol. The molecule has 7 heteroatoms. The van der Waals surface area contributed by atoms with Gasteiger partial charge in [0.05, 0.1) is 17.4 Å². The lowest BCUT2D eigenvalue weighted by Gasteiger charge is -2.36. The molecule has 0 radical (unpaired) electrons. The number of hydrogen-bond acceptors (Lipinski definition) is 6. The highest BCUT2D eigenvalue weighted by Crippen LogP contribution is 2.44. The zero-order valence-electron chi connectivity index (χ0n) is 22.9. The number of aromatic hydroxyl groups is 1. The van der Waals surface area contributed by atoms with Gasteiger partial charge in [0, 0.05) is 42.7 Å². The average Bonchev–Trinajstić information content (AvgIpc) is 2.94. The zero-order chi connectivity index (χ0) is 27.3. The number of benzene rings is 1. The number of aliphatic hydroxyl groups excluding tert-OH is 1. The molecule has 2 N–H and O–H groups in total. The summed E-state index contributed by atoms with van der Waals surface area (Å²) in [6.07, 6.45) is 2.96. The lowest BCUT2D eigenvalue weighted by Crippen LogP contribution is -2.32. The maximum Gasteiger partial charge on any atom is 0.253 e. The monoisotopic (exact) mass is 494 g/mol. The Morgan fingerprint density at radius 2 is 1.42 bits per heavy atom. The minimum atomic E-state index is -0.564. The van der Waals surface area contributed by atoms with Gasteiger partial charge in [-0.1, -0.05) is 52.8 Å². The first kappa shape index (κ1) is 30.7. The molecule has 0 saturated heterocycles. The van der Waals surface area contributed by atoms with Gasteiger partial charge in [-0.3, -0.25) is 19.7 Å². The fourth-order valence-electron chi connectivity index (χ4n) is 3.73. The number of aromatic nitrogens is 2. The third kappa shape index (κ3) is 7.35. The number of carbonyl (C=O) groups excluding carboxylic acids is 1. The van der Waals surface area contributed by atoms with Gasteiger partial charge in [-0.2, -0.15) is 0 Å². The van der Waals surface area contributed by atoms with Crippen molar-refractivity contribution in [3.05, 3.63) is 77.6 Å². The number of pyridine rings is 2. The van der Waals surface area contributed by atoms with Crippen LogP contribution in [0.15, 0.2) is 60.9 Å². The molecule has 1 aliphatic carbocycles. The van der Waals surface area contributed by atoms with Crippen LogP contribution in [0.1, 0.15) is 75.2 Å². The quantitative estimate of drug-likeness (QED) is 0.482. The molecule has 196 valence electrons. The lowest BCUT2D eigenvalue weighted by atomic mass is 9.85. The summed E-state index contributed by atoms with van der Waals surface area (Å²) >= 11 is 0. The van der Waals surface area contributed by atoms with E-state index in [0.29, 0.717) is 12.1 Å². The molecule has 0 fully saturated rings. The van der Waals surface area contributed by atoms with Gasteiger partial charge in [0.1, 0.15) is 11.9 Å². The van der Waals surface area contributed by atoms with Crippen molar-refractivity contribution in [3.63, 3.8) is 0 Å². The number of nitrogens with zero attached hydrogens (tertiary/aromatic N) is 4. The van der Waals surface area contributed by atoms with Gasteiger partial charge in [0.2, 0.25) is 0 Å². The Kier molecular flexibility index (Phi) is 13.4. The summed E-state index contributed by atoms with van der Waals surface area (Å²) in [5, 5.41) is 19.8. The maximum atomic E-state index is 11.5. The van der Waals surface area contributed by atoms with E-state index >= 15 is 0 Å². The summed E-state index contributed by atoms with van der Waals surface area (Å²) < 4.78 is 0. The maximum absolute atomic E-state index is 11.5. The predicted octanol–water partition coefficient (Wildman–Crippen LogP) is 5.72. The van der Waals surface area contributed by atoms with Gasteiger partial charge in [0.15, 0.2) is 0 Å². The molecule has 36 heavy (non-hydrogen) atoms. The van der Waals surface area contributed by atoms with E-state index in [9.17, 15) is 9.90 Å². The van der Waals surface area contributed by atoms with Crippen LogP contribution in [-0.2, 0) is 0 Å². The molecule has 1 aliphatic rings. The van der Waals surface area contributed by atoms with Crippen LogP contribution < -0.4 is 0 Å². The fourth-order valence-corrected chi connectivity index (χ4v) is 3.73. The normalized spacial score (nSPS) is 14.9.